The maximum atomic E-state index is 14.0. The molecule has 0 fully saturated rings. The molecule has 0 unspecified atom stereocenters. The molecule has 4 rings (SSSR count). The van der Waals surface area contributed by atoms with Crippen LogP contribution in [0.25, 0.3) is 5.69 Å². The zero-order valence-corrected chi connectivity index (χ0v) is 19.7. The van der Waals surface area contributed by atoms with E-state index in [4.69, 9.17) is 16.3 Å². The number of rotatable bonds is 9. The van der Waals surface area contributed by atoms with Crippen LogP contribution in [0.5, 0.6) is 5.75 Å². The quantitative estimate of drug-likeness (QED) is 0.158. The van der Waals surface area contributed by atoms with Gasteiger partial charge < -0.3 is 4.74 Å². The van der Waals surface area contributed by atoms with Crippen molar-refractivity contribution in [3.63, 3.8) is 0 Å². The number of hydrogen-bond acceptors (Lipinski definition) is 6. The number of aryl methyl sites for hydroxylation is 1. The summed E-state index contributed by atoms with van der Waals surface area (Å²) in [6.07, 6.45) is 0. The second-order valence-electron chi connectivity index (χ2n) is 7.38. The largest absolute Gasteiger partial charge is 0.488 e. The van der Waals surface area contributed by atoms with Crippen molar-refractivity contribution >= 4 is 23.4 Å². The van der Waals surface area contributed by atoms with E-state index in [0.29, 0.717) is 32.9 Å². The van der Waals surface area contributed by atoms with Gasteiger partial charge in [-0.3, -0.25) is 14.7 Å². The van der Waals surface area contributed by atoms with Crippen molar-refractivity contribution in [2.45, 2.75) is 23.9 Å². The fourth-order valence-corrected chi connectivity index (χ4v) is 4.75. The van der Waals surface area contributed by atoms with E-state index in [-0.39, 0.29) is 23.9 Å². The van der Waals surface area contributed by atoms with Crippen LogP contribution in [0.4, 0.5) is 4.39 Å². The molecule has 174 valence electrons. The van der Waals surface area contributed by atoms with Crippen LogP contribution < -0.4 is 4.74 Å². The normalized spacial score (nSPS) is 11.9. The topological polar surface area (TPSA) is 83.1 Å². The molecule has 4 aromatic rings. The molecule has 34 heavy (non-hydrogen) atoms. The standard InChI is InChI=1S/C24H20ClFN4O3S/c1-16-27-28-24(30(16)19-12-10-18(25)11-13-19)34-23(14-29(31)32)20-7-3-5-9-22(20)33-15-17-6-2-4-8-21(17)26/h2-13,23H,14-15H2,1H3/t23-/m0/s1. The van der Waals surface area contributed by atoms with Crippen molar-refractivity contribution in [1.29, 1.82) is 0 Å². The number of halogens is 2. The molecule has 0 radical (unpaired) electrons. The highest BCUT2D eigenvalue weighted by molar-refractivity contribution is 7.99. The van der Waals surface area contributed by atoms with Crippen LogP contribution in [0.15, 0.2) is 78.0 Å². The molecule has 1 aromatic heterocycles. The van der Waals surface area contributed by atoms with Gasteiger partial charge >= 0.3 is 0 Å². The lowest BCUT2D eigenvalue weighted by molar-refractivity contribution is -0.479. The lowest BCUT2D eigenvalue weighted by Gasteiger charge is -2.18. The van der Waals surface area contributed by atoms with Crippen LogP contribution in [0.2, 0.25) is 5.02 Å². The number of benzene rings is 3. The van der Waals surface area contributed by atoms with Crippen LogP contribution in [0.1, 0.15) is 22.2 Å². The third-order valence-electron chi connectivity index (χ3n) is 5.05. The van der Waals surface area contributed by atoms with E-state index < -0.39 is 5.25 Å². The molecule has 1 heterocycles. The van der Waals surface area contributed by atoms with E-state index in [9.17, 15) is 14.5 Å². The molecule has 0 aliphatic rings. The zero-order valence-electron chi connectivity index (χ0n) is 18.1. The summed E-state index contributed by atoms with van der Waals surface area (Å²) in [5.74, 6) is 0.705. The Labute approximate surface area is 204 Å². The first-order valence-electron chi connectivity index (χ1n) is 10.3. The third-order valence-corrected chi connectivity index (χ3v) is 6.46. The average Bonchev–Trinajstić information content (AvgIpc) is 3.18. The van der Waals surface area contributed by atoms with Gasteiger partial charge in [0.2, 0.25) is 6.54 Å². The molecule has 0 saturated carbocycles. The van der Waals surface area contributed by atoms with Gasteiger partial charge in [-0.05, 0) is 43.3 Å². The van der Waals surface area contributed by atoms with Crippen LogP contribution in [-0.2, 0) is 6.61 Å². The van der Waals surface area contributed by atoms with Gasteiger partial charge in [-0.25, -0.2) is 4.39 Å². The molecule has 10 heteroatoms. The smallest absolute Gasteiger partial charge is 0.220 e. The minimum absolute atomic E-state index is 0.000394. The average molecular weight is 499 g/mol. The monoisotopic (exact) mass is 498 g/mol. The Morgan fingerprint density at radius 2 is 1.79 bits per heavy atom. The number of nitrogens with zero attached hydrogens (tertiary/aromatic N) is 4. The Morgan fingerprint density at radius 3 is 2.53 bits per heavy atom. The predicted octanol–water partition coefficient (Wildman–Crippen LogP) is 6.06. The van der Waals surface area contributed by atoms with E-state index in [2.05, 4.69) is 10.2 Å². The molecule has 0 N–H and O–H groups in total. The van der Waals surface area contributed by atoms with Crippen molar-refractivity contribution in [1.82, 2.24) is 14.8 Å². The van der Waals surface area contributed by atoms with Crippen molar-refractivity contribution < 1.29 is 14.1 Å². The van der Waals surface area contributed by atoms with Gasteiger partial charge in [0.25, 0.3) is 0 Å². The SMILES string of the molecule is Cc1nnc(S[C@@H](C[N+](=O)[O-])c2ccccc2OCc2ccccc2F)n1-c1ccc(Cl)cc1. The first-order valence-corrected chi connectivity index (χ1v) is 11.6. The van der Waals surface area contributed by atoms with Gasteiger partial charge in [0.15, 0.2) is 5.16 Å². The molecule has 0 spiro atoms. The highest BCUT2D eigenvalue weighted by Gasteiger charge is 2.26. The number of thioether (sulfide) groups is 1. The molecule has 1 atom stereocenters. The summed E-state index contributed by atoms with van der Waals surface area (Å²) < 4.78 is 21.8. The molecule has 3 aromatic carbocycles. The van der Waals surface area contributed by atoms with E-state index >= 15 is 0 Å². The minimum Gasteiger partial charge on any atom is -0.488 e. The van der Waals surface area contributed by atoms with E-state index in [1.54, 1.807) is 61.5 Å². The second kappa shape index (κ2) is 10.7. The first kappa shape index (κ1) is 23.7. The van der Waals surface area contributed by atoms with Crippen molar-refractivity contribution in [2.75, 3.05) is 6.54 Å². The van der Waals surface area contributed by atoms with Gasteiger partial charge in [-0.2, -0.15) is 0 Å². The highest BCUT2D eigenvalue weighted by Crippen LogP contribution is 2.40. The van der Waals surface area contributed by atoms with Gasteiger partial charge in [0, 0.05) is 26.8 Å². The highest BCUT2D eigenvalue weighted by atomic mass is 35.5. The van der Waals surface area contributed by atoms with Crippen LogP contribution in [0, 0.1) is 22.9 Å². The Balaban J connectivity index is 1.65. The molecule has 7 nitrogen and oxygen atoms in total. The molecule has 0 amide bonds. The Bertz CT molecular complexity index is 1300. The summed E-state index contributed by atoms with van der Waals surface area (Å²) in [7, 11) is 0. The van der Waals surface area contributed by atoms with Gasteiger partial charge in [-0.1, -0.05) is 59.8 Å². The van der Waals surface area contributed by atoms with E-state index in [0.717, 1.165) is 5.69 Å². The number of hydrogen-bond donors (Lipinski definition) is 0. The third kappa shape index (κ3) is 5.55. The van der Waals surface area contributed by atoms with Crippen LogP contribution in [-0.4, -0.2) is 26.2 Å². The summed E-state index contributed by atoms with van der Waals surface area (Å²) in [4.78, 5) is 11.2. The molecular weight excluding hydrogens is 479 g/mol. The fraction of sp³-hybridized carbons (Fsp3) is 0.167. The lowest BCUT2D eigenvalue weighted by Crippen LogP contribution is -2.12. The summed E-state index contributed by atoms with van der Waals surface area (Å²) in [6, 6.07) is 20.6. The van der Waals surface area contributed by atoms with Crippen LogP contribution >= 0.6 is 23.4 Å². The fourth-order valence-electron chi connectivity index (χ4n) is 3.42. The molecule has 0 saturated heterocycles. The molecule has 0 bridgehead atoms. The van der Waals surface area contributed by atoms with Gasteiger partial charge in [0.05, 0.1) is 0 Å². The molecular formula is C24H20ClFN4O3S. The number of nitro groups is 1. The Morgan fingerprint density at radius 1 is 1.09 bits per heavy atom. The Hall–Kier alpha value is -3.43. The van der Waals surface area contributed by atoms with Gasteiger partial charge in [0.1, 0.15) is 29.2 Å². The number of ether oxygens (including phenoxy) is 1. The summed E-state index contributed by atoms with van der Waals surface area (Å²) in [5, 5.41) is 20.4. The summed E-state index contributed by atoms with van der Waals surface area (Å²) in [5.41, 5.74) is 1.80. The van der Waals surface area contributed by atoms with E-state index in [1.165, 1.54) is 17.8 Å². The predicted molar refractivity (Wildman–Crippen MR) is 129 cm³/mol. The molecule has 0 aliphatic carbocycles. The van der Waals surface area contributed by atoms with Crippen LogP contribution in [0.3, 0.4) is 0 Å². The molecule has 0 aliphatic heterocycles. The first-order chi connectivity index (χ1) is 16.4. The summed E-state index contributed by atoms with van der Waals surface area (Å²) >= 11 is 7.23. The van der Waals surface area contributed by atoms with Crippen molar-refractivity contribution in [3.8, 4) is 11.4 Å². The second-order valence-corrected chi connectivity index (χ2v) is 8.99. The maximum Gasteiger partial charge on any atom is 0.220 e. The minimum atomic E-state index is -0.624. The number of aromatic nitrogens is 3. The van der Waals surface area contributed by atoms with Crippen molar-refractivity contribution in [2.24, 2.45) is 0 Å². The Kier molecular flexibility index (Phi) is 7.44. The maximum absolute atomic E-state index is 14.0. The lowest BCUT2D eigenvalue weighted by atomic mass is 10.1. The van der Waals surface area contributed by atoms with Crippen molar-refractivity contribution in [3.05, 3.63) is 111 Å². The zero-order chi connectivity index (χ0) is 24.1. The number of para-hydroxylation sites is 1. The van der Waals surface area contributed by atoms with E-state index in [1.807, 2.05) is 16.7 Å². The summed E-state index contributed by atoms with van der Waals surface area (Å²) in [6.45, 7) is 1.44. The van der Waals surface area contributed by atoms with Gasteiger partial charge in [-0.15, -0.1) is 10.2 Å².